The lowest BCUT2D eigenvalue weighted by molar-refractivity contribution is 1.74. The summed E-state index contributed by atoms with van der Waals surface area (Å²) in [6.45, 7) is 0. The fraction of sp³-hybridized carbons (Fsp3) is 0. The van der Waals surface area contributed by atoms with Gasteiger partial charge >= 0.3 is 0 Å². The molecule has 0 bridgehead atoms. The maximum absolute atomic E-state index is 6.11. The first-order chi connectivity index (χ1) is 7.74. The molecule has 2 heteroatoms. The first-order valence-electron chi connectivity index (χ1n) is 4.85. The number of hydrogen-bond acceptors (Lipinski definition) is 0. The number of fused-ring (bicyclic) bond motifs is 2. The second-order valence-electron chi connectivity index (χ2n) is 3.64. The van der Waals surface area contributed by atoms with Crippen molar-refractivity contribution in [2.75, 3.05) is 0 Å². The van der Waals surface area contributed by atoms with E-state index in [1.165, 1.54) is 0 Å². The maximum Gasteiger partial charge on any atom is 0.0579 e. The van der Waals surface area contributed by atoms with E-state index >= 15 is 0 Å². The third-order valence-corrected chi connectivity index (χ3v) is 3.10. The number of hydrogen-bond donors (Lipinski definition) is 0. The Labute approximate surface area is 103 Å². The molecule has 0 spiro atoms. The molecule has 0 aliphatic heterocycles. The number of benzene rings is 3. The van der Waals surface area contributed by atoms with Gasteiger partial charge in [-0.25, -0.2) is 0 Å². The summed E-state index contributed by atoms with van der Waals surface area (Å²) < 4.78 is 0. The molecular formula is C14H6Cl2. The average Bonchev–Trinajstić information content (AvgIpc) is 2.27. The molecule has 0 heterocycles. The Bertz CT molecular complexity index is 687. The minimum absolute atomic E-state index is 0.539. The molecule has 3 aromatic carbocycles. The Balaban J connectivity index is 2.51. The molecule has 0 aromatic heterocycles. The van der Waals surface area contributed by atoms with Crippen molar-refractivity contribution in [2.24, 2.45) is 0 Å². The smallest absolute Gasteiger partial charge is 0.0579 e. The van der Waals surface area contributed by atoms with Crippen molar-refractivity contribution in [3.63, 3.8) is 0 Å². The van der Waals surface area contributed by atoms with Crippen LogP contribution in [0.25, 0.3) is 21.5 Å². The van der Waals surface area contributed by atoms with Gasteiger partial charge in [-0.1, -0.05) is 35.3 Å². The third-order valence-electron chi connectivity index (χ3n) is 2.60. The molecule has 0 saturated heterocycles. The van der Waals surface area contributed by atoms with Gasteiger partial charge in [-0.3, -0.25) is 0 Å². The van der Waals surface area contributed by atoms with Crippen LogP contribution in [0.1, 0.15) is 0 Å². The summed E-state index contributed by atoms with van der Waals surface area (Å²) in [7, 11) is 0. The fourth-order valence-corrected chi connectivity index (χ4v) is 2.38. The molecule has 2 radical (unpaired) electrons. The first kappa shape index (κ1) is 9.95. The van der Waals surface area contributed by atoms with Crippen molar-refractivity contribution >= 4 is 44.7 Å². The lowest BCUT2D eigenvalue weighted by atomic mass is 10.0. The quantitative estimate of drug-likeness (QED) is 0.494. The molecule has 16 heavy (non-hydrogen) atoms. The van der Waals surface area contributed by atoms with E-state index in [9.17, 15) is 0 Å². The monoisotopic (exact) mass is 244 g/mol. The van der Waals surface area contributed by atoms with E-state index in [1.807, 2.05) is 30.3 Å². The van der Waals surface area contributed by atoms with Gasteiger partial charge in [0.1, 0.15) is 0 Å². The van der Waals surface area contributed by atoms with E-state index in [4.69, 9.17) is 23.2 Å². The van der Waals surface area contributed by atoms with Crippen LogP contribution in [0.4, 0.5) is 0 Å². The van der Waals surface area contributed by atoms with Crippen molar-refractivity contribution in [3.05, 3.63) is 58.6 Å². The summed E-state index contributed by atoms with van der Waals surface area (Å²) in [4.78, 5) is 0. The van der Waals surface area contributed by atoms with Gasteiger partial charge in [0, 0.05) is 11.5 Å². The van der Waals surface area contributed by atoms with Gasteiger partial charge in [0.25, 0.3) is 0 Å². The van der Waals surface area contributed by atoms with Crippen LogP contribution >= 0.6 is 23.2 Å². The highest BCUT2D eigenvalue weighted by molar-refractivity contribution is 6.38. The van der Waals surface area contributed by atoms with E-state index in [2.05, 4.69) is 18.2 Å². The van der Waals surface area contributed by atoms with Crippen LogP contribution < -0.4 is 0 Å². The van der Waals surface area contributed by atoms with Crippen molar-refractivity contribution in [3.8, 4) is 0 Å². The normalized spacial score (nSPS) is 11.1. The standard InChI is InChI=1S/C14H6Cl2/c15-12-6-11-5-9-3-1-2-4-10(9)7-13(11)14(16)8-12/h2-7H. The van der Waals surface area contributed by atoms with E-state index in [0.717, 1.165) is 21.5 Å². The average molecular weight is 245 g/mol. The molecule has 0 atom stereocenters. The molecule has 0 fully saturated rings. The maximum atomic E-state index is 6.11. The van der Waals surface area contributed by atoms with Crippen molar-refractivity contribution in [2.45, 2.75) is 0 Å². The SMILES string of the molecule is Clc1[c]c(Cl)c2cc3cc[c]cc3cc2c1. The molecule has 3 aromatic rings. The lowest BCUT2D eigenvalue weighted by Crippen LogP contribution is -1.78. The summed E-state index contributed by atoms with van der Waals surface area (Å²) in [5.41, 5.74) is 0. The third kappa shape index (κ3) is 1.55. The minimum atomic E-state index is 0.539. The zero-order valence-electron chi connectivity index (χ0n) is 8.22. The predicted molar refractivity (Wildman–Crippen MR) is 69.1 cm³/mol. The largest absolute Gasteiger partial charge is 0.0836 e. The molecular weight excluding hydrogens is 239 g/mol. The van der Waals surface area contributed by atoms with E-state index in [-0.39, 0.29) is 0 Å². The highest BCUT2D eigenvalue weighted by Gasteiger charge is 2.03. The number of halogens is 2. The Morgan fingerprint density at radius 3 is 2.69 bits per heavy atom. The second kappa shape index (κ2) is 3.65. The van der Waals surface area contributed by atoms with Gasteiger partial charge in [-0.05, 0) is 46.5 Å². The highest BCUT2D eigenvalue weighted by Crippen LogP contribution is 2.30. The second-order valence-corrected chi connectivity index (χ2v) is 4.43. The van der Waals surface area contributed by atoms with Gasteiger partial charge in [-0.2, -0.15) is 0 Å². The van der Waals surface area contributed by atoms with E-state index in [0.29, 0.717) is 10.0 Å². The summed E-state index contributed by atoms with van der Waals surface area (Å²) in [5, 5.41) is 5.39. The van der Waals surface area contributed by atoms with E-state index < -0.39 is 0 Å². The van der Waals surface area contributed by atoms with Crippen molar-refractivity contribution in [1.29, 1.82) is 0 Å². The molecule has 0 saturated carbocycles. The first-order valence-corrected chi connectivity index (χ1v) is 5.60. The molecule has 76 valence electrons. The van der Waals surface area contributed by atoms with Gasteiger partial charge in [0.15, 0.2) is 0 Å². The molecule has 3 rings (SSSR count). The highest BCUT2D eigenvalue weighted by atomic mass is 35.5. The lowest BCUT2D eigenvalue weighted by Gasteiger charge is -2.04. The van der Waals surface area contributed by atoms with Crippen LogP contribution in [0.5, 0.6) is 0 Å². The summed E-state index contributed by atoms with van der Waals surface area (Å²) in [6, 6.07) is 17.8. The van der Waals surface area contributed by atoms with Crippen molar-refractivity contribution in [1.82, 2.24) is 0 Å². The summed E-state index contributed by atoms with van der Waals surface area (Å²) in [5.74, 6) is 0. The molecule has 0 unspecified atom stereocenters. The summed E-state index contributed by atoms with van der Waals surface area (Å²) in [6.07, 6.45) is 0. The Kier molecular flexibility index (Phi) is 2.27. The van der Waals surface area contributed by atoms with Crippen LogP contribution in [0.3, 0.4) is 0 Å². The molecule has 0 nitrogen and oxygen atoms in total. The van der Waals surface area contributed by atoms with E-state index in [1.54, 1.807) is 0 Å². The number of rotatable bonds is 0. The Morgan fingerprint density at radius 2 is 1.81 bits per heavy atom. The van der Waals surface area contributed by atoms with Gasteiger partial charge in [-0.15, -0.1) is 0 Å². The van der Waals surface area contributed by atoms with Crippen LogP contribution in [0.15, 0.2) is 36.4 Å². The van der Waals surface area contributed by atoms with Crippen molar-refractivity contribution < 1.29 is 0 Å². The van der Waals surface area contributed by atoms with Crippen LogP contribution in [0, 0.1) is 12.1 Å². The van der Waals surface area contributed by atoms with Crippen LogP contribution in [0.2, 0.25) is 10.0 Å². The molecule has 0 aliphatic carbocycles. The fourth-order valence-electron chi connectivity index (χ4n) is 1.85. The van der Waals surface area contributed by atoms with Gasteiger partial charge in [0.05, 0.1) is 10.0 Å². The topological polar surface area (TPSA) is 0 Å². The van der Waals surface area contributed by atoms with Crippen LogP contribution in [-0.2, 0) is 0 Å². The van der Waals surface area contributed by atoms with Gasteiger partial charge in [0.2, 0.25) is 0 Å². The van der Waals surface area contributed by atoms with Gasteiger partial charge < -0.3 is 0 Å². The summed E-state index contributed by atoms with van der Waals surface area (Å²) >= 11 is 12.0. The molecule has 0 N–H and O–H groups in total. The predicted octanol–water partition coefficient (Wildman–Crippen LogP) is 4.90. The minimum Gasteiger partial charge on any atom is -0.0836 e. The molecule has 0 aliphatic rings. The Morgan fingerprint density at radius 1 is 0.938 bits per heavy atom. The Hall–Kier alpha value is -1.24. The zero-order valence-corrected chi connectivity index (χ0v) is 9.73. The zero-order chi connectivity index (χ0) is 11.1. The van der Waals surface area contributed by atoms with Crippen LogP contribution in [-0.4, -0.2) is 0 Å². The molecule has 0 amide bonds.